The largest absolute Gasteiger partial charge is 0.461 e. The van der Waals surface area contributed by atoms with Gasteiger partial charge in [0.05, 0.1) is 12.7 Å². The van der Waals surface area contributed by atoms with E-state index in [0.717, 1.165) is 0 Å². The minimum absolute atomic E-state index is 0.184. The van der Waals surface area contributed by atoms with E-state index in [2.05, 4.69) is 15.9 Å². The molecule has 0 aliphatic rings. The lowest BCUT2D eigenvalue weighted by atomic mass is 10.1. The smallest absolute Gasteiger partial charge is 0.205 e. The SMILES string of the molecule is O=C(CC(=O)c1ccccc1Br)c1ccco1. The fourth-order valence-electron chi connectivity index (χ4n) is 1.45. The number of Topliss-reactive ketones (excluding diaryl/α,β-unsaturated/α-hetero) is 2. The van der Waals surface area contributed by atoms with Crippen LogP contribution in [-0.2, 0) is 0 Å². The monoisotopic (exact) mass is 292 g/mol. The summed E-state index contributed by atoms with van der Waals surface area (Å²) in [6.07, 6.45) is 1.23. The van der Waals surface area contributed by atoms with Crippen molar-refractivity contribution in [3.8, 4) is 0 Å². The molecule has 0 saturated heterocycles. The topological polar surface area (TPSA) is 47.3 Å². The van der Waals surface area contributed by atoms with Gasteiger partial charge in [0.15, 0.2) is 11.5 Å². The van der Waals surface area contributed by atoms with Crippen LogP contribution in [0.3, 0.4) is 0 Å². The zero-order valence-corrected chi connectivity index (χ0v) is 10.4. The number of hydrogen-bond donors (Lipinski definition) is 0. The van der Waals surface area contributed by atoms with Gasteiger partial charge in [0.25, 0.3) is 0 Å². The highest BCUT2D eigenvalue weighted by molar-refractivity contribution is 9.10. The van der Waals surface area contributed by atoms with Crippen LogP contribution in [0.15, 0.2) is 51.6 Å². The number of rotatable bonds is 4. The highest BCUT2D eigenvalue weighted by atomic mass is 79.9. The Hall–Kier alpha value is -1.68. The lowest BCUT2D eigenvalue weighted by Crippen LogP contribution is -2.08. The Labute approximate surface area is 107 Å². The number of hydrogen-bond acceptors (Lipinski definition) is 3. The van der Waals surface area contributed by atoms with Gasteiger partial charge in [0.1, 0.15) is 0 Å². The Morgan fingerprint density at radius 3 is 2.47 bits per heavy atom. The lowest BCUT2D eigenvalue weighted by Gasteiger charge is -2.01. The van der Waals surface area contributed by atoms with E-state index in [1.54, 1.807) is 30.3 Å². The first-order chi connectivity index (χ1) is 8.18. The van der Waals surface area contributed by atoms with Gasteiger partial charge in [-0.2, -0.15) is 0 Å². The summed E-state index contributed by atoms with van der Waals surface area (Å²) in [6.45, 7) is 0. The highest BCUT2D eigenvalue weighted by Gasteiger charge is 2.17. The average Bonchev–Trinajstić information content (AvgIpc) is 2.82. The van der Waals surface area contributed by atoms with Crippen LogP contribution < -0.4 is 0 Å². The molecule has 0 spiro atoms. The Bertz CT molecular complexity index is 544. The minimum Gasteiger partial charge on any atom is -0.461 e. The fourth-order valence-corrected chi connectivity index (χ4v) is 1.96. The van der Waals surface area contributed by atoms with Crippen LogP contribution in [0.25, 0.3) is 0 Å². The zero-order valence-electron chi connectivity index (χ0n) is 8.85. The van der Waals surface area contributed by atoms with E-state index in [1.165, 1.54) is 6.26 Å². The van der Waals surface area contributed by atoms with Crippen LogP contribution in [0.1, 0.15) is 27.3 Å². The average molecular weight is 293 g/mol. The molecule has 2 rings (SSSR count). The van der Waals surface area contributed by atoms with E-state index >= 15 is 0 Å². The molecule has 0 bridgehead atoms. The lowest BCUT2D eigenvalue weighted by molar-refractivity contribution is 0.0878. The predicted octanol–water partition coefficient (Wildman–Crippen LogP) is 3.50. The summed E-state index contributed by atoms with van der Waals surface area (Å²) in [6, 6.07) is 10.2. The molecule has 2 aromatic rings. The van der Waals surface area contributed by atoms with Crippen molar-refractivity contribution in [3.05, 3.63) is 58.5 Å². The van der Waals surface area contributed by atoms with Crippen molar-refractivity contribution in [2.24, 2.45) is 0 Å². The molecule has 0 aliphatic heterocycles. The van der Waals surface area contributed by atoms with E-state index in [1.807, 2.05) is 6.07 Å². The summed E-state index contributed by atoms with van der Waals surface area (Å²) in [5, 5.41) is 0. The maximum atomic E-state index is 11.9. The summed E-state index contributed by atoms with van der Waals surface area (Å²) in [5.41, 5.74) is 0.507. The molecule has 1 heterocycles. The van der Waals surface area contributed by atoms with Gasteiger partial charge in [-0.15, -0.1) is 0 Å². The summed E-state index contributed by atoms with van der Waals surface area (Å²) in [7, 11) is 0. The highest BCUT2D eigenvalue weighted by Crippen LogP contribution is 2.18. The van der Waals surface area contributed by atoms with Gasteiger partial charge in [-0.3, -0.25) is 9.59 Å². The Morgan fingerprint density at radius 1 is 1.06 bits per heavy atom. The fraction of sp³-hybridized carbons (Fsp3) is 0.0769. The van der Waals surface area contributed by atoms with Gasteiger partial charge in [-0.05, 0) is 18.2 Å². The molecular weight excluding hydrogens is 284 g/mol. The van der Waals surface area contributed by atoms with Crippen molar-refractivity contribution in [3.63, 3.8) is 0 Å². The summed E-state index contributed by atoms with van der Waals surface area (Å²) in [5.74, 6) is -0.319. The number of furan rings is 1. The normalized spacial score (nSPS) is 10.2. The number of carbonyl (C=O) groups is 2. The molecule has 0 radical (unpaired) electrons. The van der Waals surface area contributed by atoms with Crippen molar-refractivity contribution in [2.45, 2.75) is 6.42 Å². The molecule has 4 heteroatoms. The van der Waals surface area contributed by atoms with Crippen LogP contribution in [0.5, 0.6) is 0 Å². The molecule has 3 nitrogen and oxygen atoms in total. The second kappa shape index (κ2) is 5.10. The van der Waals surface area contributed by atoms with Crippen molar-refractivity contribution in [1.29, 1.82) is 0 Å². The molecule has 1 aromatic carbocycles. The molecule has 0 unspecified atom stereocenters. The molecule has 17 heavy (non-hydrogen) atoms. The van der Waals surface area contributed by atoms with Gasteiger partial charge >= 0.3 is 0 Å². The van der Waals surface area contributed by atoms with Crippen LogP contribution in [0.4, 0.5) is 0 Å². The summed E-state index contributed by atoms with van der Waals surface area (Å²) in [4.78, 5) is 23.5. The van der Waals surface area contributed by atoms with Crippen LogP contribution in [0.2, 0.25) is 0 Å². The van der Waals surface area contributed by atoms with Gasteiger partial charge in [0.2, 0.25) is 5.78 Å². The second-order valence-corrected chi connectivity index (χ2v) is 4.33. The van der Waals surface area contributed by atoms with Crippen LogP contribution in [-0.4, -0.2) is 11.6 Å². The van der Waals surface area contributed by atoms with Crippen molar-refractivity contribution in [2.75, 3.05) is 0 Å². The van der Waals surface area contributed by atoms with E-state index in [-0.39, 0.29) is 23.7 Å². The van der Waals surface area contributed by atoms with Crippen LogP contribution >= 0.6 is 15.9 Å². The molecular formula is C13H9BrO3. The number of ketones is 2. The maximum absolute atomic E-state index is 11.9. The third-order valence-electron chi connectivity index (χ3n) is 2.29. The Balaban J connectivity index is 2.13. The number of benzene rings is 1. The molecule has 1 aromatic heterocycles. The van der Waals surface area contributed by atoms with E-state index in [0.29, 0.717) is 10.0 Å². The number of halogens is 1. The molecule has 0 saturated carbocycles. The van der Waals surface area contributed by atoms with E-state index < -0.39 is 0 Å². The maximum Gasteiger partial charge on any atom is 0.205 e. The van der Waals surface area contributed by atoms with Crippen molar-refractivity contribution < 1.29 is 14.0 Å². The third kappa shape index (κ3) is 2.71. The van der Waals surface area contributed by atoms with Crippen molar-refractivity contribution in [1.82, 2.24) is 0 Å². The Kier molecular flexibility index (Phi) is 3.54. The summed E-state index contributed by atoms with van der Waals surface area (Å²) >= 11 is 3.28. The standard InChI is InChI=1S/C13H9BrO3/c14-10-5-2-1-4-9(10)11(15)8-12(16)13-6-3-7-17-13/h1-7H,8H2. The first-order valence-corrected chi connectivity index (χ1v) is 5.82. The Morgan fingerprint density at radius 2 is 1.82 bits per heavy atom. The molecule has 0 amide bonds. The molecule has 0 N–H and O–H groups in total. The third-order valence-corrected chi connectivity index (χ3v) is 2.98. The molecule has 0 fully saturated rings. The second-order valence-electron chi connectivity index (χ2n) is 3.48. The van der Waals surface area contributed by atoms with Crippen molar-refractivity contribution >= 4 is 27.5 Å². The molecule has 0 atom stereocenters. The molecule has 86 valence electrons. The first-order valence-electron chi connectivity index (χ1n) is 5.03. The van der Waals surface area contributed by atoms with E-state index in [9.17, 15) is 9.59 Å². The van der Waals surface area contributed by atoms with Gasteiger partial charge in [-0.25, -0.2) is 0 Å². The number of carbonyl (C=O) groups excluding carboxylic acids is 2. The van der Waals surface area contributed by atoms with Crippen LogP contribution in [0, 0.1) is 0 Å². The zero-order chi connectivity index (χ0) is 12.3. The van der Waals surface area contributed by atoms with Gasteiger partial charge in [0, 0.05) is 10.0 Å². The van der Waals surface area contributed by atoms with Gasteiger partial charge < -0.3 is 4.42 Å². The predicted molar refractivity (Wildman–Crippen MR) is 66.1 cm³/mol. The van der Waals surface area contributed by atoms with E-state index in [4.69, 9.17) is 4.42 Å². The minimum atomic E-state index is -0.309. The summed E-state index contributed by atoms with van der Waals surface area (Å²) < 4.78 is 5.64. The van der Waals surface area contributed by atoms with Gasteiger partial charge in [-0.1, -0.05) is 34.1 Å². The molecule has 0 aliphatic carbocycles. The first kappa shape index (κ1) is 11.8. The quantitative estimate of drug-likeness (QED) is 0.640.